The first-order valence-corrected chi connectivity index (χ1v) is 6.14. The van der Waals surface area contributed by atoms with E-state index in [4.69, 9.17) is 9.47 Å². The molecule has 2 aliphatic heterocycles. The van der Waals surface area contributed by atoms with E-state index in [-0.39, 0.29) is 31.4 Å². The second-order valence-electron chi connectivity index (χ2n) is 4.58. The van der Waals surface area contributed by atoms with Crippen LogP contribution in [0.2, 0.25) is 0 Å². The van der Waals surface area contributed by atoms with Crippen LogP contribution in [0, 0.1) is 0 Å². The minimum Gasteiger partial charge on any atom is -0.454 e. The van der Waals surface area contributed by atoms with Crippen molar-refractivity contribution in [3.8, 4) is 11.5 Å². The summed E-state index contributed by atoms with van der Waals surface area (Å²) in [5.74, 6) is 1.34. The predicted molar refractivity (Wildman–Crippen MR) is 65.8 cm³/mol. The molecule has 0 bridgehead atoms. The Morgan fingerprint density at radius 2 is 2.21 bits per heavy atom. The summed E-state index contributed by atoms with van der Waals surface area (Å²) < 4.78 is 10.5. The van der Waals surface area contributed by atoms with Gasteiger partial charge in [0.15, 0.2) is 11.5 Å². The highest BCUT2D eigenvalue weighted by Crippen LogP contribution is 2.32. The first-order chi connectivity index (χ1) is 9.22. The van der Waals surface area contributed by atoms with Crippen molar-refractivity contribution in [1.82, 2.24) is 10.6 Å². The van der Waals surface area contributed by atoms with Crippen LogP contribution in [0.3, 0.4) is 0 Å². The van der Waals surface area contributed by atoms with E-state index in [1.807, 2.05) is 18.2 Å². The molecule has 6 heteroatoms. The zero-order chi connectivity index (χ0) is 13.2. The number of ether oxygens (including phenoxy) is 2. The van der Waals surface area contributed by atoms with E-state index >= 15 is 0 Å². The monoisotopic (exact) mass is 262 g/mol. The van der Waals surface area contributed by atoms with Gasteiger partial charge in [0, 0.05) is 13.0 Å². The molecule has 100 valence electrons. The second kappa shape index (κ2) is 4.89. The molecule has 1 saturated heterocycles. The Morgan fingerprint density at radius 1 is 1.37 bits per heavy atom. The van der Waals surface area contributed by atoms with Crippen molar-refractivity contribution in [1.29, 1.82) is 0 Å². The Morgan fingerprint density at radius 3 is 3.00 bits per heavy atom. The predicted octanol–water partition coefficient (Wildman–Crippen LogP) is -0.0375. The molecule has 6 nitrogen and oxygen atoms in total. The van der Waals surface area contributed by atoms with Crippen LogP contribution in [0.4, 0.5) is 0 Å². The van der Waals surface area contributed by atoms with Crippen LogP contribution < -0.4 is 20.1 Å². The highest BCUT2D eigenvalue weighted by molar-refractivity contribution is 5.93. The fraction of sp³-hybridized carbons (Fsp3) is 0.385. The zero-order valence-electron chi connectivity index (χ0n) is 10.3. The number of rotatable bonds is 3. The van der Waals surface area contributed by atoms with Crippen molar-refractivity contribution < 1.29 is 19.1 Å². The standard InChI is InChI=1S/C13H14N2O4/c16-9-4-10(14-6-9)13(17)15-5-8-1-2-11-12(3-8)19-7-18-11/h1-3,10,14H,4-7H2,(H,15,17)/t10-/m0/s1. The number of benzene rings is 1. The molecule has 0 spiro atoms. The number of amides is 1. The second-order valence-corrected chi connectivity index (χ2v) is 4.58. The molecule has 0 aliphatic carbocycles. The highest BCUT2D eigenvalue weighted by atomic mass is 16.7. The first kappa shape index (κ1) is 12.0. The van der Waals surface area contributed by atoms with Gasteiger partial charge >= 0.3 is 0 Å². The molecule has 1 fully saturated rings. The maximum atomic E-state index is 11.8. The summed E-state index contributed by atoms with van der Waals surface area (Å²) in [7, 11) is 0. The van der Waals surface area contributed by atoms with E-state index in [1.165, 1.54) is 0 Å². The Balaban J connectivity index is 1.57. The Labute approximate surface area is 110 Å². The molecule has 0 radical (unpaired) electrons. The number of Topliss-reactive ketones (excluding diaryl/α,β-unsaturated/α-hetero) is 1. The minimum absolute atomic E-state index is 0.0724. The third kappa shape index (κ3) is 2.53. The molecule has 0 saturated carbocycles. The lowest BCUT2D eigenvalue weighted by molar-refractivity contribution is -0.124. The Bertz CT molecular complexity index is 529. The van der Waals surface area contributed by atoms with Crippen LogP contribution >= 0.6 is 0 Å². The van der Waals surface area contributed by atoms with Crippen molar-refractivity contribution in [2.24, 2.45) is 0 Å². The molecule has 2 aliphatic rings. The van der Waals surface area contributed by atoms with E-state index in [0.29, 0.717) is 12.3 Å². The van der Waals surface area contributed by atoms with E-state index in [2.05, 4.69) is 10.6 Å². The molecular formula is C13H14N2O4. The van der Waals surface area contributed by atoms with Crippen LogP contribution in [0.15, 0.2) is 18.2 Å². The molecule has 0 aromatic heterocycles. The summed E-state index contributed by atoms with van der Waals surface area (Å²) in [4.78, 5) is 22.9. The summed E-state index contributed by atoms with van der Waals surface area (Å²) in [6, 6.07) is 5.14. The van der Waals surface area contributed by atoms with Crippen LogP contribution in [0.5, 0.6) is 11.5 Å². The summed E-state index contributed by atoms with van der Waals surface area (Å²) in [6.45, 7) is 0.920. The summed E-state index contributed by atoms with van der Waals surface area (Å²) >= 11 is 0. The molecular weight excluding hydrogens is 248 g/mol. The quantitative estimate of drug-likeness (QED) is 0.799. The molecule has 1 amide bonds. The largest absolute Gasteiger partial charge is 0.454 e. The van der Waals surface area contributed by atoms with Crippen LogP contribution in [-0.2, 0) is 16.1 Å². The molecule has 2 heterocycles. The van der Waals surface area contributed by atoms with Crippen molar-refractivity contribution >= 4 is 11.7 Å². The van der Waals surface area contributed by atoms with Crippen LogP contribution in [-0.4, -0.2) is 31.1 Å². The molecule has 1 aromatic rings. The van der Waals surface area contributed by atoms with Gasteiger partial charge in [0.25, 0.3) is 0 Å². The fourth-order valence-corrected chi connectivity index (χ4v) is 2.16. The lowest BCUT2D eigenvalue weighted by atomic mass is 10.1. The molecule has 1 aromatic carbocycles. The smallest absolute Gasteiger partial charge is 0.237 e. The van der Waals surface area contributed by atoms with E-state index < -0.39 is 6.04 Å². The topological polar surface area (TPSA) is 76.7 Å². The van der Waals surface area contributed by atoms with Crippen LogP contribution in [0.1, 0.15) is 12.0 Å². The Hall–Kier alpha value is -2.08. The molecule has 0 unspecified atom stereocenters. The van der Waals surface area contributed by atoms with E-state index in [9.17, 15) is 9.59 Å². The number of carbonyl (C=O) groups excluding carboxylic acids is 2. The number of nitrogens with one attached hydrogen (secondary N) is 2. The van der Waals surface area contributed by atoms with Gasteiger partial charge in [0.1, 0.15) is 5.78 Å². The van der Waals surface area contributed by atoms with Gasteiger partial charge < -0.3 is 14.8 Å². The average molecular weight is 262 g/mol. The number of carbonyl (C=O) groups is 2. The Kier molecular flexibility index (Phi) is 3.08. The summed E-state index contributed by atoms with van der Waals surface area (Å²) in [5.41, 5.74) is 0.932. The zero-order valence-corrected chi connectivity index (χ0v) is 10.3. The fourth-order valence-electron chi connectivity index (χ4n) is 2.16. The van der Waals surface area contributed by atoms with Crippen molar-refractivity contribution in [3.63, 3.8) is 0 Å². The van der Waals surface area contributed by atoms with Gasteiger partial charge in [-0.2, -0.15) is 0 Å². The third-order valence-corrected chi connectivity index (χ3v) is 3.20. The van der Waals surface area contributed by atoms with E-state index in [1.54, 1.807) is 0 Å². The molecule has 2 N–H and O–H groups in total. The maximum absolute atomic E-state index is 11.8. The van der Waals surface area contributed by atoms with Gasteiger partial charge in [0.2, 0.25) is 12.7 Å². The first-order valence-electron chi connectivity index (χ1n) is 6.14. The highest BCUT2D eigenvalue weighted by Gasteiger charge is 2.27. The summed E-state index contributed by atoms with van der Waals surface area (Å²) in [5, 5.41) is 5.68. The van der Waals surface area contributed by atoms with Crippen LogP contribution in [0.25, 0.3) is 0 Å². The van der Waals surface area contributed by atoms with Gasteiger partial charge in [0.05, 0.1) is 12.6 Å². The van der Waals surface area contributed by atoms with Gasteiger partial charge in [-0.05, 0) is 17.7 Å². The number of hydrogen-bond acceptors (Lipinski definition) is 5. The molecule has 19 heavy (non-hydrogen) atoms. The lowest BCUT2D eigenvalue weighted by Gasteiger charge is -2.10. The van der Waals surface area contributed by atoms with Gasteiger partial charge in [-0.25, -0.2) is 0 Å². The lowest BCUT2D eigenvalue weighted by Crippen LogP contribution is -2.39. The normalized spacial score (nSPS) is 20.6. The number of ketones is 1. The van der Waals surface area contributed by atoms with Gasteiger partial charge in [-0.15, -0.1) is 0 Å². The molecule has 1 atom stereocenters. The number of fused-ring (bicyclic) bond motifs is 1. The molecule has 3 rings (SSSR count). The van der Waals surface area contributed by atoms with Crippen molar-refractivity contribution in [2.75, 3.05) is 13.3 Å². The number of hydrogen-bond donors (Lipinski definition) is 2. The van der Waals surface area contributed by atoms with E-state index in [0.717, 1.165) is 11.3 Å². The van der Waals surface area contributed by atoms with Crippen molar-refractivity contribution in [2.45, 2.75) is 19.0 Å². The third-order valence-electron chi connectivity index (χ3n) is 3.20. The van der Waals surface area contributed by atoms with Gasteiger partial charge in [-0.1, -0.05) is 6.07 Å². The van der Waals surface area contributed by atoms with Crippen molar-refractivity contribution in [3.05, 3.63) is 23.8 Å². The summed E-state index contributed by atoms with van der Waals surface area (Å²) in [6.07, 6.45) is 0.271. The minimum atomic E-state index is -0.401. The SMILES string of the molecule is O=C1CN[C@H](C(=O)NCc2ccc3c(c2)OCO3)C1. The maximum Gasteiger partial charge on any atom is 0.237 e. The van der Waals surface area contributed by atoms with Gasteiger partial charge in [-0.3, -0.25) is 14.9 Å². The average Bonchev–Trinajstić information content (AvgIpc) is 3.03.